The van der Waals surface area contributed by atoms with E-state index in [1.165, 1.54) is 16.5 Å². The average molecular weight is 276 g/mol. The molecule has 0 aliphatic carbocycles. The highest BCUT2D eigenvalue weighted by Gasteiger charge is 2.13. The van der Waals surface area contributed by atoms with Crippen LogP contribution in [0.4, 0.5) is 0 Å². The van der Waals surface area contributed by atoms with Crippen molar-refractivity contribution in [2.75, 3.05) is 6.54 Å². The molecule has 0 spiro atoms. The standard InChI is InChI=1S/C17H16N4/c1-11-8-16(20-15-5-3-2-4-13(11)15)17-19-10-12-9-18-7-6-14(12)21-17/h2-5,8,10,18H,6-7,9H2,1H3. The molecule has 4 nitrogen and oxygen atoms in total. The number of fused-ring (bicyclic) bond motifs is 2. The van der Waals surface area contributed by atoms with Crippen molar-refractivity contribution in [2.24, 2.45) is 0 Å². The lowest BCUT2D eigenvalue weighted by Crippen LogP contribution is -2.25. The van der Waals surface area contributed by atoms with Crippen molar-refractivity contribution >= 4 is 10.9 Å². The summed E-state index contributed by atoms with van der Waals surface area (Å²) in [6.07, 6.45) is 2.88. The first-order valence-electron chi connectivity index (χ1n) is 7.23. The summed E-state index contributed by atoms with van der Waals surface area (Å²) in [6, 6.07) is 10.3. The van der Waals surface area contributed by atoms with E-state index < -0.39 is 0 Å². The fourth-order valence-electron chi connectivity index (χ4n) is 2.82. The third kappa shape index (κ3) is 2.17. The zero-order valence-electron chi connectivity index (χ0n) is 11.9. The number of pyridine rings is 1. The van der Waals surface area contributed by atoms with Gasteiger partial charge in [-0.3, -0.25) is 0 Å². The van der Waals surface area contributed by atoms with Gasteiger partial charge in [0, 0.05) is 36.7 Å². The fourth-order valence-corrected chi connectivity index (χ4v) is 2.82. The summed E-state index contributed by atoms with van der Waals surface area (Å²) in [5, 5.41) is 4.52. The van der Waals surface area contributed by atoms with Crippen LogP contribution in [0, 0.1) is 6.92 Å². The van der Waals surface area contributed by atoms with Gasteiger partial charge in [0.25, 0.3) is 0 Å². The van der Waals surface area contributed by atoms with Gasteiger partial charge in [-0.25, -0.2) is 15.0 Å². The smallest absolute Gasteiger partial charge is 0.178 e. The molecule has 0 bridgehead atoms. The molecule has 0 radical (unpaired) electrons. The van der Waals surface area contributed by atoms with Crippen molar-refractivity contribution in [2.45, 2.75) is 19.9 Å². The number of aryl methyl sites for hydroxylation is 1. The van der Waals surface area contributed by atoms with Gasteiger partial charge in [-0.2, -0.15) is 0 Å². The summed E-state index contributed by atoms with van der Waals surface area (Å²) in [5.74, 6) is 0.726. The number of para-hydroxylation sites is 1. The number of nitrogens with one attached hydrogen (secondary N) is 1. The fraction of sp³-hybridized carbons (Fsp3) is 0.235. The van der Waals surface area contributed by atoms with Gasteiger partial charge in [-0.1, -0.05) is 18.2 Å². The van der Waals surface area contributed by atoms with Gasteiger partial charge in [-0.05, 0) is 24.6 Å². The van der Waals surface area contributed by atoms with Gasteiger partial charge in [-0.15, -0.1) is 0 Å². The highest BCUT2D eigenvalue weighted by Crippen LogP contribution is 2.23. The Morgan fingerprint density at radius 1 is 1.14 bits per heavy atom. The van der Waals surface area contributed by atoms with Crippen LogP contribution in [-0.4, -0.2) is 21.5 Å². The predicted octanol–water partition coefficient (Wildman–Crippen LogP) is 2.65. The summed E-state index contributed by atoms with van der Waals surface area (Å²) in [7, 11) is 0. The number of aromatic nitrogens is 3. The van der Waals surface area contributed by atoms with Crippen LogP contribution in [0.5, 0.6) is 0 Å². The lowest BCUT2D eigenvalue weighted by molar-refractivity contribution is 0.626. The third-order valence-electron chi connectivity index (χ3n) is 3.96. The molecule has 0 saturated heterocycles. The SMILES string of the molecule is Cc1cc(-c2ncc3c(n2)CCNC3)nc2ccccc12. The van der Waals surface area contributed by atoms with Crippen LogP contribution in [0.1, 0.15) is 16.8 Å². The average Bonchev–Trinajstić information content (AvgIpc) is 2.54. The van der Waals surface area contributed by atoms with Crippen molar-refractivity contribution in [1.82, 2.24) is 20.3 Å². The van der Waals surface area contributed by atoms with Gasteiger partial charge in [0.05, 0.1) is 11.2 Å². The van der Waals surface area contributed by atoms with E-state index in [1.54, 1.807) is 0 Å². The molecule has 3 heterocycles. The number of hydrogen-bond acceptors (Lipinski definition) is 4. The predicted molar refractivity (Wildman–Crippen MR) is 82.9 cm³/mol. The molecule has 2 aromatic heterocycles. The Bertz CT molecular complexity index is 826. The Balaban J connectivity index is 1.86. The topological polar surface area (TPSA) is 50.7 Å². The minimum absolute atomic E-state index is 0.726. The first-order chi connectivity index (χ1) is 10.3. The molecule has 1 N–H and O–H groups in total. The van der Waals surface area contributed by atoms with Gasteiger partial charge in [0.2, 0.25) is 0 Å². The monoisotopic (exact) mass is 276 g/mol. The van der Waals surface area contributed by atoms with Crippen LogP contribution in [0.25, 0.3) is 22.4 Å². The molecule has 1 aliphatic rings. The normalized spacial score (nSPS) is 14.1. The molecule has 4 heteroatoms. The Kier molecular flexibility index (Phi) is 2.89. The molecule has 3 aromatic rings. The van der Waals surface area contributed by atoms with E-state index >= 15 is 0 Å². The molecule has 21 heavy (non-hydrogen) atoms. The van der Waals surface area contributed by atoms with E-state index in [2.05, 4.69) is 29.4 Å². The van der Waals surface area contributed by atoms with Gasteiger partial charge >= 0.3 is 0 Å². The maximum atomic E-state index is 4.72. The number of benzene rings is 1. The number of hydrogen-bond donors (Lipinski definition) is 1. The maximum Gasteiger partial charge on any atom is 0.178 e. The van der Waals surface area contributed by atoms with Crippen LogP contribution in [0.15, 0.2) is 36.5 Å². The van der Waals surface area contributed by atoms with E-state index in [9.17, 15) is 0 Å². The minimum atomic E-state index is 0.726. The Hall–Kier alpha value is -2.33. The van der Waals surface area contributed by atoms with Crippen molar-refractivity contribution in [3.05, 3.63) is 53.3 Å². The zero-order valence-corrected chi connectivity index (χ0v) is 11.9. The zero-order chi connectivity index (χ0) is 14.2. The third-order valence-corrected chi connectivity index (χ3v) is 3.96. The van der Waals surface area contributed by atoms with Crippen LogP contribution in [0.3, 0.4) is 0 Å². The largest absolute Gasteiger partial charge is 0.312 e. The number of rotatable bonds is 1. The van der Waals surface area contributed by atoms with Gasteiger partial charge in [0.1, 0.15) is 5.69 Å². The van der Waals surface area contributed by atoms with E-state index in [0.717, 1.165) is 42.2 Å². The molecule has 0 fully saturated rings. The highest BCUT2D eigenvalue weighted by molar-refractivity contribution is 5.84. The lowest BCUT2D eigenvalue weighted by atomic mass is 10.1. The molecule has 1 aliphatic heterocycles. The second kappa shape index (κ2) is 4.90. The van der Waals surface area contributed by atoms with Gasteiger partial charge < -0.3 is 5.32 Å². The van der Waals surface area contributed by atoms with Crippen LogP contribution in [0.2, 0.25) is 0 Å². The molecule has 4 rings (SSSR count). The Labute approximate surface area is 123 Å². The van der Waals surface area contributed by atoms with Crippen molar-refractivity contribution < 1.29 is 0 Å². The summed E-state index contributed by atoms with van der Waals surface area (Å²) < 4.78 is 0. The van der Waals surface area contributed by atoms with Crippen molar-refractivity contribution in [1.29, 1.82) is 0 Å². The second-order valence-corrected chi connectivity index (χ2v) is 5.43. The quantitative estimate of drug-likeness (QED) is 0.742. The Morgan fingerprint density at radius 2 is 2.05 bits per heavy atom. The van der Waals surface area contributed by atoms with Crippen LogP contribution < -0.4 is 5.32 Å². The van der Waals surface area contributed by atoms with E-state index in [0.29, 0.717) is 0 Å². The lowest BCUT2D eigenvalue weighted by Gasteiger charge is -2.16. The second-order valence-electron chi connectivity index (χ2n) is 5.43. The first-order valence-corrected chi connectivity index (χ1v) is 7.23. The maximum absolute atomic E-state index is 4.72. The summed E-state index contributed by atoms with van der Waals surface area (Å²) >= 11 is 0. The molecular weight excluding hydrogens is 260 g/mol. The molecule has 0 saturated carbocycles. The molecule has 0 amide bonds. The van der Waals surface area contributed by atoms with Crippen molar-refractivity contribution in [3.8, 4) is 11.5 Å². The molecule has 1 aromatic carbocycles. The van der Waals surface area contributed by atoms with Crippen LogP contribution >= 0.6 is 0 Å². The molecule has 0 atom stereocenters. The first kappa shape index (κ1) is 12.4. The minimum Gasteiger partial charge on any atom is -0.312 e. The number of nitrogens with zero attached hydrogens (tertiary/aromatic N) is 3. The van der Waals surface area contributed by atoms with Crippen LogP contribution in [-0.2, 0) is 13.0 Å². The Morgan fingerprint density at radius 3 is 3.00 bits per heavy atom. The van der Waals surface area contributed by atoms with Crippen molar-refractivity contribution in [3.63, 3.8) is 0 Å². The summed E-state index contributed by atoms with van der Waals surface area (Å²) in [5.41, 5.74) is 5.40. The highest BCUT2D eigenvalue weighted by atomic mass is 15.0. The molecule has 0 unspecified atom stereocenters. The van der Waals surface area contributed by atoms with E-state index in [-0.39, 0.29) is 0 Å². The molecular formula is C17H16N4. The summed E-state index contributed by atoms with van der Waals surface area (Å²) in [4.78, 5) is 13.9. The van der Waals surface area contributed by atoms with Gasteiger partial charge in [0.15, 0.2) is 5.82 Å². The summed E-state index contributed by atoms with van der Waals surface area (Å²) in [6.45, 7) is 3.95. The van der Waals surface area contributed by atoms with E-state index in [4.69, 9.17) is 9.97 Å². The van der Waals surface area contributed by atoms with E-state index in [1.807, 2.05) is 24.4 Å². The molecule has 104 valence electrons.